The summed E-state index contributed by atoms with van der Waals surface area (Å²) in [4.78, 5) is 12.5. The first kappa shape index (κ1) is 21.8. The van der Waals surface area contributed by atoms with Crippen molar-refractivity contribution >= 4 is 11.6 Å². The molecule has 1 aromatic heterocycles. The zero-order valence-electron chi connectivity index (χ0n) is 16.8. The quantitative estimate of drug-likeness (QED) is 0.644. The molecule has 2 aromatic rings. The Labute approximate surface area is 165 Å². The van der Waals surface area contributed by atoms with Gasteiger partial charge in [0.1, 0.15) is 5.69 Å². The predicted octanol–water partition coefficient (Wildman–Crippen LogP) is 5.71. The van der Waals surface area contributed by atoms with Crippen LogP contribution in [0.4, 0.5) is 14.5 Å². The standard InChI is InChI=1S/C19H21F2N3O.C3H8/c1-3-4-6-12-9-13-7-5-8-16(14(13)10-12)22-19(25)15-11-24(2)23-17(15)18(20)21;1-3-2/h3,5,7-8,11-12,18H,1,4,6,9-10H2,2H3,(H,22,25);3H2,1-2H3. The van der Waals surface area contributed by atoms with E-state index < -0.39 is 18.0 Å². The van der Waals surface area contributed by atoms with Crippen LogP contribution >= 0.6 is 0 Å². The van der Waals surface area contributed by atoms with Crippen molar-refractivity contribution in [2.75, 3.05) is 5.32 Å². The van der Waals surface area contributed by atoms with Gasteiger partial charge in [-0.25, -0.2) is 8.78 Å². The minimum absolute atomic E-state index is 0.0868. The van der Waals surface area contributed by atoms with Crippen LogP contribution in [0.3, 0.4) is 0 Å². The van der Waals surface area contributed by atoms with Gasteiger partial charge < -0.3 is 5.32 Å². The van der Waals surface area contributed by atoms with Crippen LogP contribution in [0.5, 0.6) is 0 Å². The topological polar surface area (TPSA) is 46.9 Å². The van der Waals surface area contributed by atoms with Gasteiger partial charge in [-0.2, -0.15) is 5.10 Å². The Kier molecular flexibility index (Phi) is 7.91. The van der Waals surface area contributed by atoms with Gasteiger partial charge in [0.2, 0.25) is 0 Å². The zero-order valence-corrected chi connectivity index (χ0v) is 16.8. The number of nitrogens with zero attached hydrogens (tertiary/aromatic N) is 2. The van der Waals surface area contributed by atoms with E-state index in [1.807, 2.05) is 18.2 Å². The molecule has 0 bridgehead atoms. The summed E-state index contributed by atoms with van der Waals surface area (Å²) in [6.07, 6.45) is 5.59. The summed E-state index contributed by atoms with van der Waals surface area (Å²) in [6.45, 7) is 8.01. The second-order valence-electron chi connectivity index (χ2n) is 7.15. The van der Waals surface area contributed by atoms with Gasteiger partial charge in [0.05, 0.1) is 5.56 Å². The Morgan fingerprint density at radius 1 is 1.39 bits per heavy atom. The largest absolute Gasteiger partial charge is 0.322 e. The number of nitrogens with one attached hydrogen (secondary N) is 1. The second-order valence-corrected chi connectivity index (χ2v) is 7.15. The van der Waals surface area contributed by atoms with Crippen LogP contribution in [0, 0.1) is 5.92 Å². The monoisotopic (exact) mass is 389 g/mol. The summed E-state index contributed by atoms with van der Waals surface area (Å²) >= 11 is 0. The first-order valence-electron chi connectivity index (χ1n) is 9.75. The van der Waals surface area contributed by atoms with Crippen LogP contribution in [-0.2, 0) is 19.9 Å². The van der Waals surface area contributed by atoms with Gasteiger partial charge in [-0.1, -0.05) is 38.5 Å². The number of aryl methyl sites for hydroxylation is 1. The number of allylic oxidation sites excluding steroid dienone is 1. The summed E-state index contributed by atoms with van der Waals surface area (Å²) in [5.41, 5.74) is 2.44. The minimum Gasteiger partial charge on any atom is -0.322 e. The molecule has 3 rings (SSSR count). The normalized spacial score (nSPS) is 15.0. The van der Waals surface area contributed by atoms with E-state index in [1.54, 1.807) is 0 Å². The van der Waals surface area contributed by atoms with Gasteiger partial charge in [-0.05, 0) is 48.8 Å². The number of carbonyl (C=O) groups excluding carboxylic acids is 1. The maximum Gasteiger partial charge on any atom is 0.282 e. The third-order valence-corrected chi connectivity index (χ3v) is 4.61. The number of amides is 1. The number of rotatable bonds is 6. The van der Waals surface area contributed by atoms with Crippen molar-refractivity contribution in [2.24, 2.45) is 13.0 Å². The fourth-order valence-electron chi connectivity index (χ4n) is 3.45. The molecule has 1 N–H and O–H groups in total. The fraction of sp³-hybridized carbons (Fsp3) is 0.455. The molecule has 1 atom stereocenters. The Hall–Kier alpha value is -2.50. The summed E-state index contributed by atoms with van der Waals surface area (Å²) in [7, 11) is 1.52. The molecule has 0 spiro atoms. The molecule has 1 aliphatic carbocycles. The first-order valence-corrected chi connectivity index (χ1v) is 9.75. The highest BCUT2D eigenvalue weighted by atomic mass is 19.3. The number of fused-ring (bicyclic) bond motifs is 1. The molecule has 1 amide bonds. The highest BCUT2D eigenvalue weighted by molar-refractivity contribution is 6.05. The molecular formula is C22H29F2N3O. The Balaban J connectivity index is 0.000000878. The SMILES string of the molecule is C=CCCC1Cc2cccc(NC(=O)c3cn(C)nc3C(F)F)c2C1.CCC. The van der Waals surface area contributed by atoms with Crippen molar-refractivity contribution in [1.29, 1.82) is 0 Å². The Bertz CT molecular complexity index is 814. The second kappa shape index (κ2) is 10.2. The molecule has 0 aliphatic heterocycles. The van der Waals surface area contributed by atoms with Crippen LogP contribution in [-0.4, -0.2) is 15.7 Å². The molecule has 1 aliphatic rings. The Morgan fingerprint density at radius 3 is 2.75 bits per heavy atom. The van der Waals surface area contributed by atoms with E-state index in [4.69, 9.17) is 0 Å². The summed E-state index contributed by atoms with van der Waals surface area (Å²) in [5.74, 6) is -0.0209. The van der Waals surface area contributed by atoms with Crippen LogP contribution in [0.2, 0.25) is 0 Å². The molecular weight excluding hydrogens is 360 g/mol. The average molecular weight is 389 g/mol. The number of hydrogen-bond donors (Lipinski definition) is 1. The zero-order chi connectivity index (χ0) is 20.7. The lowest BCUT2D eigenvalue weighted by molar-refractivity contribution is 0.101. The van der Waals surface area contributed by atoms with E-state index in [2.05, 4.69) is 36.9 Å². The van der Waals surface area contributed by atoms with E-state index in [9.17, 15) is 13.6 Å². The lowest BCUT2D eigenvalue weighted by atomic mass is 10.0. The third-order valence-electron chi connectivity index (χ3n) is 4.61. The van der Waals surface area contributed by atoms with Crippen molar-refractivity contribution in [2.45, 2.75) is 52.4 Å². The van der Waals surface area contributed by atoms with E-state index in [-0.39, 0.29) is 5.56 Å². The number of carbonyl (C=O) groups is 1. The van der Waals surface area contributed by atoms with E-state index in [1.165, 1.54) is 29.9 Å². The van der Waals surface area contributed by atoms with Gasteiger partial charge >= 0.3 is 0 Å². The highest BCUT2D eigenvalue weighted by Gasteiger charge is 2.26. The van der Waals surface area contributed by atoms with Crippen molar-refractivity contribution in [1.82, 2.24) is 9.78 Å². The van der Waals surface area contributed by atoms with Gasteiger partial charge in [0.15, 0.2) is 0 Å². The van der Waals surface area contributed by atoms with Gasteiger partial charge in [0, 0.05) is 18.9 Å². The number of anilines is 1. The first-order chi connectivity index (χ1) is 13.4. The number of benzene rings is 1. The molecule has 152 valence electrons. The molecule has 6 heteroatoms. The lowest BCUT2D eigenvalue weighted by Gasteiger charge is -2.10. The highest BCUT2D eigenvalue weighted by Crippen LogP contribution is 2.35. The molecule has 0 radical (unpaired) electrons. The summed E-state index contributed by atoms with van der Waals surface area (Å²) in [5, 5.41) is 6.49. The Morgan fingerprint density at radius 2 is 2.11 bits per heavy atom. The van der Waals surface area contributed by atoms with Crippen LogP contribution < -0.4 is 5.32 Å². The fourth-order valence-corrected chi connectivity index (χ4v) is 3.45. The minimum atomic E-state index is -2.79. The molecule has 0 saturated carbocycles. The maximum atomic E-state index is 13.1. The molecule has 4 nitrogen and oxygen atoms in total. The van der Waals surface area contributed by atoms with E-state index >= 15 is 0 Å². The summed E-state index contributed by atoms with van der Waals surface area (Å²) in [6, 6.07) is 5.78. The van der Waals surface area contributed by atoms with Gasteiger partial charge in [0.25, 0.3) is 12.3 Å². The smallest absolute Gasteiger partial charge is 0.282 e. The molecule has 0 saturated heterocycles. The molecule has 1 aromatic carbocycles. The van der Waals surface area contributed by atoms with E-state index in [0.717, 1.165) is 31.2 Å². The van der Waals surface area contributed by atoms with Crippen LogP contribution in [0.15, 0.2) is 37.1 Å². The lowest BCUT2D eigenvalue weighted by Crippen LogP contribution is -2.15. The summed E-state index contributed by atoms with van der Waals surface area (Å²) < 4.78 is 27.4. The predicted molar refractivity (Wildman–Crippen MR) is 109 cm³/mol. The number of aromatic nitrogens is 2. The molecule has 1 heterocycles. The van der Waals surface area contributed by atoms with Crippen molar-refractivity contribution < 1.29 is 13.6 Å². The van der Waals surface area contributed by atoms with Gasteiger partial charge in [-0.3, -0.25) is 9.48 Å². The third kappa shape index (κ3) is 5.27. The molecule has 28 heavy (non-hydrogen) atoms. The molecule has 0 fully saturated rings. The van der Waals surface area contributed by atoms with E-state index in [0.29, 0.717) is 11.6 Å². The van der Waals surface area contributed by atoms with Crippen LogP contribution in [0.25, 0.3) is 0 Å². The average Bonchev–Trinajstić information content (AvgIpc) is 3.24. The molecule has 1 unspecified atom stereocenters. The number of alkyl halides is 2. The number of hydrogen-bond acceptors (Lipinski definition) is 2. The van der Waals surface area contributed by atoms with Crippen molar-refractivity contribution in [3.63, 3.8) is 0 Å². The van der Waals surface area contributed by atoms with Crippen LogP contribution in [0.1, 0.15) is 66.7 Å². The number of halogens is 2. The van der Waals surface area contributed by atoms with Crippen molar-refractivity contribution in [3.8, 4) is 0 Å². The van der Waals surface area contributed by atoms with Crippen molar-refractivity contribution in [3.05, 3.63) is 59.4 Å². The van der Waals surface area contributed by atoms with Gasteiger partial charge in [-0.15, -0.1) is 6.58 Å². The maximum absolute atomic E-state index is 13.1.